The fourth-order valence-electron chi connectivity index (χ4n) is 3.87. The summed E-state index contributed by atoms with van der Waals surface area (Å²) in [6.07, 6.45) is 0.731. The van der Waals surface area contributed by atoms with Crippen LogP contribution in [0, 0.1) is 6.92 Å². The molecule has 39 heavy (non-hydrogen) atoms. The highest BCUT2D eigenvalue weighted by molar-refractivity contribution is 9.10. The molecule has 0 saturated heterocycles. The maximum atomic E-state index is 13.9. The Morgan fingerprint density at radius 2 is 1.69 bits per heavy atom. The number of sulfonamides is 1. The van der Waals surface area contributed by atoms with Crippen LogP contribution in [0.3, 0.4) is 0 Å². The fraction of sp³-hybridized carbons (Fsp3) is 0.310. The van der Waals surface area contributed by atoms with Crippen molar-refractivity contribution in [2.75, 3.05) is 10.8 Å². The minimum Gasteiger partial charge on any atom is -0.352 e. The van der Waals surface area contributed by atoms with Gasteiger partial charge in [0.1, 0.15) is 12.6 Å². The van der Waals surface area contributed by atoms with Crippen molar-refractivity contribution in [3.63, 3.8) is 0 Å². The van der Waals surface area contributed by atoms with E-state index < -0.39 is 28.5 Å². The molecule has 0 aliphatic carbocycles. The van der Waals surface area contributed by atoms with Gasteiger partial charge in [0.2, 0.25) is 11.8 Å². The molecule has 7 nitrogen and oxygen atoms in total. The molecule has 0 spiro atoms. The second kappa shape index (κ2) is 13.5. The van der Waals surface area contributed by atoms with E-state index in [4.69, 9.17) is 11.6 Å². The Morgan fingerprint density at radius 3 is 2.31 bits per heavy atom. The topological polar surface area (TPSA) is 86.8 Å². The summed E-state index contributed by atoms with van der Waals surface area (Å²) in [5, 5.41) is 3.30. The fourth-order valence-corrected chi connectivity index (χ4v) is 5.91. The van der Waals surface area contributed by atoms with Gasteiger partial charge >= 0.3 is 0 Å². The van der Waals surface area contributed by atoms with Crippen LogP contribution in [0.1, 0.15) is 38.3 Å². The van der Waals surface area contributed by atoms with Crippen LogP contribution in [0.15, 0.2) is 82.2 Å². The van der Waals surface area contributed by atoms with Gasteiger partial charge < -0.3 is 10.2 Å². The van der Waals surface area contributed by atoms with E-state index in [0.717, 1.165) is 26.3 Å². The number of amides is 2. The highest BCUT2D eigenvalue weighted by Crippen LogP contribution is 2.28. The largest absolute Gasteiger partial charge is 0.352 e. The monoisotopic (exact) mass is 633 g/mol. The SMILES string of the molecule is CC[C@H](C)NC(=O)[C@@H](C)N(Cc1cccc(Br)c1)C(=O)CN(c1ccc(C)c(Cl)c1)S(=O)(=O)c1ccccc1. The van der Waals surface area contributed by atoms with E-state index in [1.165, 1.54) is 23.1 Å². The van der Waals surface area contributed by atoms with Crippen molar-refractivity contribution in [2.45, 2.75) is 57.6 Å². The summed E-state index contributed by atoms with van der Waals surface area (Å²) in [6.45, 7) is 6.89. The summed E-state index contributed by atoms with van der Waals surface area (Å²) < 4.78 is 29.5. The lowest BCUT2D eigenvalue weighted by Gasteiger charge is -2.32. The first-order valence-electron chi connectivity index (χ1n) is 12.6. The molecule has 3 aromatic carbocycles. The number of carbonyl (C=O) groups is 2. The average molecular weight is 635 g/mol. The Kier molecular flexibility index (Phi) is 10.6. The lowest BCUT2D eigenvalue weighted by molar-refractivity contribution is -0.139. The highest BCUT2D eigenvalue weighted by Gasteiger charge is 2.33. The minimum absolute atomic E-state index is 0.0376. The smallest absolute Gasteiger partial charge is 0.264 e. The predicted octanol–water partition coefficient (Wildman–Crippen LogP) is 5.94. The van der Waals surface area contributed by atoms with Gasteiger partial charge in [-0.2, -0.15) is 0 Å². The molecule has 2 atom stereocenters. The zero-order valence-corrected chi connectivity index (χ0v) is 25.6. The summed E-state index contributed by atoms with van der Waals surface area (Å²) in [6, 6.07) is 19.2. The van der Waals surface area contributed by atoms with Crippen molar-refractivity contribution in [3.05, 3.63) is 93.4 Å². The van der Waals surface area contributed by atoms with Gasteiger partial charge in [-0.25, -0.2) is 8.42 Å². The van der Waals surface area contributed by atoms with Gasteiger partial charge in [-0.15, -0.1) is 0 Å². The maximum Gasteiger partial charge on any atom is 0.264 e. The highest BCUT2D eigenvalue weighted by atomic mass is 79.9. The summed E-state index contributed by atoms with van der Waals surface area (Å²) in [5.74, 6) is -0.846. The molecule has 3 rings (SSSR count). The standard InChI is InChI=1S/C29H33BrClN3O4S/c1-5-21(3)32-29(36)22(4)33(18-23-10-9-11-24(30)16-23)28(35)19-34(25-15-14-20(2)27(31)17-25)39(37,38)26-12-7-6-8-13-26/h6-17,21-22H,5,18-19H2,1-4H3,(H,32,36)/t21-,22+/m0/s1. The Balaban J connectivity index is 2.04. The molecule has 0 unspecified atom stereocenters. The number of nitrogens with zero attached hydrogens (tertiary/aromatic N) is 2. The van der Waals surface area contributed by atoms with E-state index in [1.54, 1.807) is 37.3 Å². The Labute approximate surface area is 244 Å². The molecule has 0 aliphatic heterocycles. The molecule has 0 heterocycles. The first kappa shape index (κ1) is 30.7. The molecule has 0 radical (unpaired) electrons. The van der Waals surface area contributed by atoms with Crippen LogP contribution in [-0.2, 0) is 26.2 Å². The number of nitrogens with one attached hydrogen (secondary N) is 1. The van der Waals surface area contributed by atoms with Crippen molar-refractivity contribution < 1.29 is 18.0 Å². The van der Waals surface area contributed by atoms with Crippen molar-refractivity contribution in [2.24, 2.45) is 0 Å². The van der Waals surface area contributed by atoms with E-state index in [0.29, 0.717) is 5.02 Å². The van der Waals surface area contributed by atoms with Crippen molar-refractivity contribution >= 4 is 55.1 Å². The summed E-state index contributed by atoms with van der Waals surface area (Å²) in [5.41, 5.74) is 1.81. The van der Waals surface area contributed by atoms with Crippen LogP contribution in [0.2, 0.25) is 5.02 Å². The van der Waals surface area contributed by atoms with E-state index in [9.17, 15) is 18.0 Å². The Hall–Kier alpha value is -2.88. The number of hydrogen-bond donors (Lipinski definition) is 1. The average Bonchev–Trinajstić information content (AvgIpc) is 2.91. The predicted molar refractivity (Wildman–Crippen MR) is 159 cm³/mol. The molecule has 208 valence electrons. The summed E-state index contributed by atoms with van der Waals surface area (Å²) >= 11 is 9.80. The molecule has 10 heteroatoms. The van der Waals surface area contributed by atoms with Gasteiger partial charge in [-0.1, -0.05) is 70.9 Å². The van der Waals surface area contributed by atoms with Crippen LogP contribution in [0.25, 0.3) is 0 Å². The zero-order chi connectivity index (χ0) is 28.7. The Morgan fingerprint density at radius 1 is 1.00 bits per heavy atom. The molecular formula is C29H33BrClN3O4S. The third-order valence-corrected chi connectivity index (χ3v) is 9.15. The van der Waals surface area contributed by atoms with E-state index in [2.05, 4.69) is 21.2 Å². The first-order valence-corrected chi connectivity index (χ1v) is 15.2. The number of aryl methyl sites for hydroxylation is 1. The number of anilines is 1. The maximum absolute atomic E-state index is 13.9. The number of rotatable bonds is 11. The molecule has 0 aliphatic rings. The molecule has 0 bridgehead atoms. The molecule has 0 aromatic heterocycles. The lowest BCUT2D eigenvalue weighted by atomic mass is 10.1. The van der Waals surface area contributed by atoms with Crippen molar-refractivity contribution in [3.8, 4) is 0 Å². The molecule has 2 amide bonds. The molecule has 1 N–H and O–H groups in total. The third-order valence-electron chi connectivity index (χ3n) is 6.46. The number of carbonyl (C=O) groups excluding carboxylic acids is 2. The van der Waals surface area contributed by atoms with E-state index in [1.807, 2.05) is 45.0 Å². The van der Waals surface area contributed by atoms with Gasteiger partial charge in [0, 0.05) is 22.1 Å². The quantitative estimate of drug-likeness (QED) is 0.283. The lowest BCUT2D eigenvalue weighted by Crippen LogP contribution is -2.52. The van der Waals surface area contributed by atoms with Gasteiger partial charge in [-0.3, -0.25) is 13.9 Å². The molecule has 0 saturated carbocycles. The van der Waals surface area contributed by atoms with Gasteiger partial charge in [-0.05, 0) is 74.7 Å². The van der Waals surface area contributed by atoms with Gasteiger partial charge in [0.05, 0.1) is 10.6 Å². The van der Waals surface area contributed by atoms with Crippen molar-refractivity contribution in [1.82, 2.24) is 10.2 Å². The van der Waals surface area contributed by atoms with Gasteiger partial charge in [0.15, 0.2) is 0 Å². The molecule has 0 fully saturated rings. The summed E-state index contributed by atoms with van der Waals surface area (Å²) in [4.78, 5) is 28.5. The van der Waals surface area contributed by atoms with Crippen LogP contribution < -0.4 is 9.62 Å². The second-order valence-corrected chi connectivity index (χ2v) is 12.6. The Bertz CT molecular complexity index is 1420. The normalized spacial score (nSPS) is 12.9. The van der Waals surface area contributed by atoms with Crippen molar-refractivity contribution in [1.29, 1.82) is 0 Å². The number of benzene rings is 3. The second-order valence-electron chi connectivity index (χ2n) is 9.40. The molecular weight excluding hydrogens is 602 g/mol. The van der Waals surface area contributed by atoms with Gasteiger partial charge in [0.25, 0.3) is 10.0 Å². The number of hydrogen-bond acceptors (Lipinski definition) is 4. The van der Waals surface area contributed by atoms with Crippen LogP contribution in [-0.4, -0.2) is 43.8 Å². The van der Waals surface area contributed by atoms with Crippen LogP contribution in [0.4, 0.5) is 5.69 Å². The van der Waals surface area contributed by atoms with Crippen LogP contribution in [0.5, 0.6) is 0 Å². The molecule has 3 aromatic rings. The first-order chi connectivity index (χ1) is 18.4. The number of halogens is 2. The van der Waals surface area contributed by atoms with E-state index >= 15 is 0 Å². The van der Waals surface area contributed by atoms with E-state index in [-0.39, 0.29) is 29.1 Å². The third kappa shape index (κ3) is 7.84. The minimum atomic E-state index is -4.14. The summed E-state index contributed by atoms with van der Waals surface area (Å²) in [7, 11) is -4.14. The van der Waals surface area contributed by atoms with Crippen LogP contribution >= 0.6 is 27.5 Å². The zero-order valence-electron chi connectivity index (χ0n) is 22.4.